The number of rotatable bonds is 7. The molecule has 1 unspecified atom stereocenters. The minimum absolute atomic E-state index is 0.182. The summed E-state index contributed by atoms with van der Waals surface area (Å²) >= 11 is 0. The summed E-state index contributed by atoms with van der Waals surface area (Å²) in [5.41, 5.74) is 1.68. The van der Waals surface area contributed by atoms with Gasteiger partial charge in [-0.25, -0.2) is 4.79 Å². The average Bonchev–Trinajstić information content (AvgIpc) is 3.19. The van der Waals surface area contributed by atoms with Crippen LogP contribution < -0.4 is 9.47 Å². The summed E-state index contributed by atoms with van der Waals surface area (Å²) in [6, 6.07) is 13.7. The number of furan rings is 1. The second kappa shape index (κ2) is 9.83. The summed E-state index contributed by atoms with van der Waals surface area (Å²) in [7, 11) is 0. The van der Waals surface area contributed by atoms with Gasteiger partial charge in [-0.05, 0) is 74.4 Å². The van der Waals surface area contributed by atoms with E-state index in [1.165, 1.54) is 42.8 Å². The fourth-order valence-corrected chi connectivity index (χ4v) is 4.42. The summed E-state index contributed by atoms with van der Waals surface area (Å²) in [5, 5.41) is 9.14. The van der Waals surface area contributed by atoms with Crippen LogP contribution in [0.3, 0.4) is 0 Å². The van der Waals surface area contributed by atoms with Crippen LogP contribution in [-0.4, -0.2) is 17.4 Å². The Labute approximate surface area is 195 Å². The molecule has 0 bridgehead atoms. The third-order valence-corrected chi connectivity index (χ3v) is 6.08. The van der Waals surface area contributed by atoms with Crippen molar-refractivity contribution in [1.82, 2.24) is 0 Å². The first-order valence-corrected chi connectivity index (χ1v) is 11.2. The molecule has 34 heavy (non-hydrogen) atoms. The molecular formula is C26H25F3O5. The van der Waals surface area contributed by atoms with E-state index in [1.54, 1.807) is 12.1 Å². The van der Waals surface area contributed by atoms with E-state index >= 15 is 0 Å². The molecule has 0 aliphatic heterocycles. The molecule has 1 fully saturated rings. The molecule has 1 atom stereocenters. The van der Waals surface area contributed by atoms with E-state index in [0.29, 0.717) is 22.8 Å². The standard InChI is InChI=1S/C26H25F3O5/c1-16-22(15-23(32-16)17-7-13-21(14-8-17)34-26(27,28)29)24(18-5-3-2-4-6-18)33-20-11-9-19(10-12-20)25(30)31/h7-15,18,24H,2-6H2,1H3,(H,30,31). The van der Waals surface area contributed by atoms with Gasteiger partial charge in [-0.3, -0.25) is 0 Å². The third kappa shape index (κ3) is 5.73. The van der Waals surface area contributed by atoms with E-state index < -0.39 is 12.3 Å². The van der Waals surface area contributed by atoms with E-state index in [4.69, 9.17) is 14.3 Å². The lowest BCUT2D eigenvalue weighted by Crippen LogP contribution is -2.21. The van der Waals surface area contributed by atoms with E-state index in [-0.39, 0.29) is 23.3 Å². The third-order valence-electron chi connectivity index (χ3n) is 6.08. The van der Waals surface area contributed by atoms with Crippen LogP contribution in [0.25, 0.3) is 11.3 Å². The van der Waals surface area contributed by atoms with Crippen LogP contribution in [0.4, 0.5) is 13.2 Å². The molecular weight excluding hydrogens is 449 g/mol. The maximum atomic E-state index is 12.4. The Kier molecular flexibility index (Phi) is 6.86. The summed E-state index contributed by atoms with van der Waals surface area (Å²) in [6.07, 6.45) is 0.353. The molecule has 0 amide bonds. The van der Waals surface area contributed by atoms with Crippen LogP contribution in [0.2, 0.25) is 0 Å². The topological polar surface area (TPSA) is 68.9 Å². The van der Waals surface area contributed by atoms with E-state index in [2.05, 4.69) is 4.74 Å². The quantitative estimate of drug-likeness (QED) is 0.383. The Morgan fingerprint density at radius 2 is 1.62 bits per heavy atom. The van der Waals surface area contributed by atoms with Crippen molar-refractivity contribution in [3.05, 3.63) is 71.5 Å². The molecule has 1 heterocycles. The van der Waals surface area contributed by atoms with E-state index in [0.717, 1.165) is 31.2 Å². The van der Waals surface area contributed by atoms with Gasteiger partial charge in [0.25, 0.3) is 0 Å². The van der Waals surface area contributed by atoms with Crippen molar-refractivity contribution in [1.29, 1.82) is 0 Å². The van der Waals surface area contributed by atoms with Crippen molar-refractivity contribution in [2.45, 2.75) is 51.5 Å². The molecule has 0 radical (unpaired) electrons. The first kappa shape index (κ1) is 23.7. The van der Waals surface area contributed by atoms with Crippen LogP contribution in [0, 0.1) is 12.8 Å². The number of carbonyl (C=O) groups is 1. The van der Waals surface area contributed by atoms with Gasteiger partial charge in [-0.1, -0.05) is 19.3 Å². The van der Waals surface area contributed by atoms with Gasteiger partial charge in [0.2, 0.25) is 0 Å². The lowest BCUT2D eigenvalue weighted by molar-refractivity contribution is -0.274. The number of carboxylic acid groups (broad SMARTS) is 1. The number of carboxylic acids is 1. The number of aryl methyl sites for hydroxylation is 1. The van der Waals surface area contributed by atoms with Crippen LogP contribution in [0.5, 0.6) is 11.5 Å². The van der Waals surface area contributed by atoms with Crippen molar-refractivity contribution >= 4 is 5.97 Å². The van der Waals surface area contributed by atoms with Gasteiger partial charge >= 0.3 is 12.3 Å². The largest absolute Gasteiger partial charge is 0.573 e. The second-order valence-electron chi connectivity index (χ2n) is 8.46. The number of ether oxygens (including phenoxy) is 2. The molecule has 1 aromatic heterocycles. The summed E-state index contributed by atoms with van der Waals surface area (Å²) < 4.78 is 53.6. The highest BCUT2D eigenvalue weighted by Crippen LogP contribution is 2.41. The minimum atomic E-state index is -4.75. The van der Waals surface area contributed by atoms with E-state index in [9.17, 15) is 18.0 Å². The molecule has 0 spiro atoms. The van der Waals surface area contributed by atoms with Crippen LogP contribution >= 0.6 is 0 Å². The maximum Gasteiger partial charge on any atom is 0.573 e. The van der Waals surface area contributed by atoms with Gasteiger partial charge in [0.1, 0.15) is 29.1 Å². The van der Waals surface area contributed by atoms with Gasteiger partial charge in [-0.15, -0.1) is 13.2 Å². The summed E-state index contributed by atoms with van der Waals surface area (Å²) in [4.78, 5) is 11.2. The minimum Gasteiger partial charge on any atom is -0.485 e. The molecule has 2 aromatic carbocycles. The highest BCUT2D eigenvalue weighted by Gasteiger charge is 2.32. The molecule has 1 saturated carbocycles. The molecule has 0 saturated heterocycles. The Morgan fingerprint density at radius 1 is 1.00 bits per heavy atom. The van der Waals surface area contributed by atoms with Crippen LogP contribution in [-0.2, 0) is 0 Å². The van der Waals surface area contributed by atoms with Gasteiger partial charge < -0.3 is 19.0 Å². The number of hydrogen-bond acceptors (Lipinski definition) is 4. The fraction of sp³-hybridized carbons (Fsp3) is 0.346. The smallest absolute Gasteiger partial charge is 0.485 e. The predicted molar refractivity (Wildman–Crippen MR) is 119 cm³/mol. The molecule has 1 N–H and O–H groups in total. The zero-order valence-electron chi connectivity index (χ0n) is 18.6. The number of hydrogen-bond donors (Lipinski definition) is 1. The average molecular weight is 474 g/mol. The number of aromatic carboxylic acids is 1. The van der Waals surface area contributed by atoms with Crippen molar-refractivity contribution < 1.29 is 37.0 Å². The lowest BCUT2D eigenvalue weighted by Gasteiger charge is -2.30. The predicted octanol–water partition coefficient (Wildman–Crippen LogP) is 7.55. The summed E-state index contributed by atoms with van der Waals surface area (Å²) in [6.45, 7) is 1.84. The zero-order chi connectivity index (χ0) is 24.3. The summed E-state index contributed by atoms with van der Waals surface area (Å²) in [5.74, 6) is 0.723. The maximum absolute atomic E-state index is 12.4. The lowest BCUT2D eigenvalue weighted by atomic mass is 9.82. The number of alkyl halides is 3. The van der Waals surface area contributed by atoms with Gasteiger partial charge in [-0.2, -0.15) is 0 Å². The number of halogens is 3. The highest BCUT2D eigenvalue weighted by molar-refractivity contribution is 5.87. The van der Waals surface area contributed by atoms with Crippen molar-refractivity contribution in [3.8, 4) is 22.8 Å². The molecule has 8 heteroatoms. The normalized spacial score (nSPS) is 15.6. The first-order chi connectivity index (χ1) is 16.2. The Balaban J connectivity index is 1.61. The Bertz CT molecular complexity index is 1110. The zero-order valence-corrected chi connectivity index (χ0v) is 18.6. The number of benzene rings is 2. The second-order valence-corrected chi connectivity index (χ2v) is 8.46. The van der Waals surface area contributed by atoms with Gasteiger partial charge in [0.05, 0.1) is 5.56 Å². The SMILES string of the molecule is Cc1oc(-c2ccc(OC(F)(F)F)cc2)cc1C(Oc1ccc(C(=O)O)cc1)C1CCCCC1. The van der Waals surface area contributed by atoms with Crippen LogP contribution in [0.1, 0.15) is 59.9 Å². The molecule has 4 rings (SSSR count). The molecule has 1 aliphatic rings. The molecule has 3 aromatic rings. The van der Waals surface area contributed by atoms with E-state index in [1.807, 2.05) is 13.0 Å². The van der Waals surface area contributed by atoms with Crippen LogP contribution in [0.15, 0.2) is 59.0 Å². The Hall–Kier alpha value is -3.42. The van der Waals surface area contributed by atoms with Gasteiger partial charge in [0.15, 0.2) is 0 Å². The Morgan fingerprint density at radius 3 is 2.21 bits per heavy atom. The fourth-order valence-electron chi connectivity index (χ4n) is 4.42. The van der Waals surface area contributed by atoms with Crippen molar-refractivity contribution in [2.75, 3.05) is 0 Å². The van der Waals surface area contributed by atoms with Crippen molar-refractivity contribution in [3.63, 3.8) is 0 Å². The highest BCUT2D eigenvalue weighted by atomic mass is 19.4. The monoisotopic (exact) mass is 474 g/mol. The van der Waals surface area contributed by atoms with Crippen molar-refractivity contribution in [2.24, 2.45) is 5.92 Å². The first-order valence-electron chi connectivity index (χ1n) is 11.2. The van der Waals surface area contributed by atoms with Gasteiger partial charge in [0, 0.05) is 17.0 Å². The molecule has 180 valence electrons. The molecule has 1 aliphatic carbocycles. The molecule has 5 nitrogen and oxygen atoms in total.